The van der Waals surface area contributed by atoms with Gasteiger partial charge >= 0.3 is 0 Å². The number of hydrogen-bond acceptors (Lipinski definition) is 1. The van der Waals surface area contributed by atoms with Gasteiger partial charge in [0.1, 0.15) is 0 Å². The number of hydrogen-bond donors (Lipinski definition) is 1. The lowest BCUT2D eigenvalue weighted by Crippen LogP contribution is -2.26. The van der Waals surface area contributed by atoms with Crippen molar-refractivity contribution in [1.82, 2.24) is 4.57 Å². The molecule has 1 aliphatic rings. The van der Waals surface area contributed by atoms with E-state index < -0.39 is 0 Å². The second-order valence-electron chi connectivity index (χ2n) is 5.54. The van der Waals surface area contributed by atoms with Crippen LogP contribution in [0.25, 0.3) is 0 Å². The minimum absolute atomic E-state index is 0.156. The molecule has 1 heterocycles. The summed E-state index contributed by atoms with van der Waals surface area (Å²) in [5.74, 6) is 2.68. The quantitative estimate of drug-likeness (QED) is 0.718. The first-order chi connectivity index (χ1) is 7.44. The summed E-state index contributed by atoms with van der Waals surface area (Å²) in [4.78, 5) is 0. The maximum atomic E-state index is 10.1. The van der Waals surface area contributed by atoms with E-state index in [0.29, 0.717) is 6.54 Å². The highest BCUT2D eigenvalue weighted by Crippen LogP contribution is 2.41. The highest BCUT2D eigenvalue weighted by Gasteiger charge is 2.33. The molecule has 0 spiro atoms. The molecule has 0 aliphatic heterocycles. The minimum Gasteiger partial charge on any atom is -0.388 e. The fourth-order valence-corrected chi connectivity index (χ4v) is 2.71. The van der Waals surface area contributed by atoms with Crippen molar-refractivity contribution < 1.29 is 5.11 Å². The average molecular weight is 217 g/mol. The number of aliphatic hydroxyl groups excluding tert-OH is 1. The van der Waals surface area contributed by atoms with Gasteiger partial charge in [-0.2, -0.15) is 0 Å². The van der Waals surface area contributed by atoms with Gasteiger partial charge in [0.25, 0.3) is 0 Å². The van der Waals surface area contributed by atoms with Crippen LogP contribution >= 0.6 is 0 Å². The molecule has 16 heavy (non-hydrogen) atoms. The largest absolute Gasteiger partial charge is 0.388 e. The average Bonchev–Trinajstić information content (AvgIpc) is 2.44. The van der Waals surface area contributed by atoms with Gasteiger partial charge in [0.05, 0.1) is 12.6 Å². The third-order valence-corrected chi connectivity index (χ3v) is 3.45. The molecule has 0 aromatic carbocycles. The maximum Gasteiger partial charge on any atom is 0.0834 e. The summed E-state index contributed by atoms with van der Waals surface area (Å²) >= 11 is 0. The van der Waals surface area contributed by atoms with Gasteiger partial charge in [-0.15, -0.1) is 6.42 Å². The Kier molecular flexibility index (Phi) is 2.59. The van der Waals surface area contributed by atoms with E-state index in [0.717, 1.165) is 24.1 Å². The van der Waals surface area contributed by atoms with Crippen LogP contribution in [0.15, 0.2) is 6.07 Å². The number of terminal acetylenes is 1. The number of aliphatic hydroxyl groups is 1. The number of nitrogens with zero attached hydrogens (tertiary/aromatic N) is 1. The Morgan fingerprint density at radius 2 is 2.31 bits per heavy atom. The third kappa shape index (κ3) is 1.76. The zero-order chi connectivity index (χ0) is 11.9. The fraction of sp³-hybridized carbons (Fsp3) is 0.571. The molecule has 1 aromatic heterocycles. The van der Waals surface area contributed by atoms with Crippen LogP contribution in [0.4, 0.5) is 0 Å². The molecule has 0 saturated carbocycles. The molecule has 0 fully saturated rings. The lowest BCUT2D eigenvalue weighted by atomic mass is 9.75. The van der Waals surface area contributed by atoms with Gasteiger partial charge in [0, 0.05) is 17.0 Å². The van der Waals surface area contributed by atoms with Crippen molar-refractivity contribution in [2.24, 2.45) is 5.41 Å². The molecule has 1 N–H and O–H groups in total. The third-order valence-electron chi connectivity index (χ3n) is 3.45. The SMILES string of the molecule is C#CCn1c(C)cc2c1CC(C)(C)CC2O. The zero-order valence-electron chi connectivity index (χ0n) is 10.2. The molecular formula is C14H19NO. The zero-order valence-corrected chi connectivity index (χ0v) is 10.2. The van der Waals surface area contributed by atoms with Gasteiger partial charge in [-0.25, -0.2) is 0 Å². The molecule has 1 unspecified atom stereocenters. The summed E-state index contributed by atoms with van der Waals surface area (Å²) in [5.41, 5.74) is 3.61. The van der Waals surface area contributed by atoms with Crippen molar-refractivity contribution in [3.05, 3.63) is 23.0 Å². The summed E-state index contributed by atoms with van der Waals surface area (Å²) in [7, 11) is 0. The van der Waals surface area contributed by atoms with E-state index in [9.17, 15) is 5.11 Å². The van der Waals surface area contributed by atoms with Crippen molar-refractivity contribution >= 4 is 0 Å². The number of aromatic nitrogens is 1. The predicted molar refractivity (Wildman–Crippen MR) is 65.1 cm³/mol. The van der Waals surface area contributed by atoms with E-state index >= 15 is 0 Å². The first-order valence-corrected chi connectivity index (χ1v) is 5.75. The second kappa shape index (κ2) is 3.68. The number of aryl methyl sites for hydroxylation is 1. The van der Waals surface area contributed by atoms with Crippen molar-refractivity contribution in [2.45, 2.75) is 46.3 Å². The summed E-state index contributed by atoms with van der Waals surface area (Å²) in [5, 5.41) is 10.1. The van der Waals surface area contributed by atoms with Gasteiger partial charge < -0.3 is 9.67 Å². The van der Waals surface area contributed by atoms with Gasteiger partial charge in [0.15, 0.2) is 0 Å². The van der Waals surface area contributed by atoms with Crippen LogP contribution in [-0.2, 0) is 13.0 Å². The standard InChI is InChI=1S/C14H19NO/c1-5-6-15-10(2)7-11-12(15)8-14(3,4)9-13(11)16/h1,7,13,16H,6,8-9H2,2-4H3. The van der Waals surface area contributed by atoms with Gasteiger partial charge in [-0.05, 0) is 31.2 Å². The molecular weight excluding hydrogens is 198 g/mol. The Morgan fingerprint density at radius 3 is 2.94 bits per heavy atom. The molecule has 1 atom stereocenters. The van der Waals surface area contributed by atoms with Crippen molar-refractivity contribution in [2.75, 3.05) is 0 Å². The Morgan fingerprint density at radius 1 is 1.62 bits per heavy atom. The normalized spacial score (nSPS) is 22.6. The molecule has 86 valence electrons. The molecule has 2 heteroatoms. The molecule has 0 amide bonds. The number of fused-ring (bicyclic) bond motifs is 1. The van der Waals surface area contributed by atoms with E-state index in [1.807, 2.05) is 0 Å². The lowest BCUT2D eigenvalue weighted by Gasteiger charge is -2.33. The van der Waals surface area contributed by atoms with Crippen LogP contribution in [0.2, 0.25) is 0 Å². The minimum atomic E-state index is -0.337. The Balaban J connectivity index is 2.50. The lowest BCUT2D eigenvalue weighted by molar-refractivity contribution is 0.0981. The summed E-state index contributed by atoms with van der Waals surface area (Å²) in [6.07, 6.45) is 6.88. The van der Waals surface area contributed by atoms with Gasteiger partial charge in [0.2, 0.25) is 0 Å². The van der Waals surface area contributed by atoms with Crippen LogP contribution < -0.4 is 0 Å². The van der Waals surface area contributed by atoms with E-state index in [4.69, 9.17) is 6.42 Å². The van der Waals surface area contributed by atoms with Crippen LogP contribution in [0.3, 0.4) is 0 Å². The fourth-order valence-electron chi connectivity index (χ4n) is 2.71. The molecule has 0 radical (unpaired) electrons. The Hall–Kier alpha value is -1.20. The second-order valence-corrected chi connectivity index (χ2v) is 5.54. The Labute approximate surface area is 97.3 Å². The molecule has 1 aliphatic carbocycles. The van der Waals surface area contributed by atoms with Crippen LogP contribution in [0, 0.1) is 24.7 Å². The van der Waals surface area contributed by atoms with E-state index in [2.05, 4.69) is 37.3 Å². The molecule has 0 saturated heterocycles. The van der Waals surface area contributed by atoms with Gasteiger partial charge in [-0.1, -0.05) is 19.8 Å². The summed E-state index contributed by atoms with van der Waals surface area (Å²) < 4.78 is 2.15. The van der Waals surface area contributed by atoms with Crippen molar-refractivity contribution in [1.29, 1.82) is 0 Å². The topological polar surface area (TPSA) is 25.2 Å². The van der Waals surface area contributed by atoms with Crippen molar-refractivity contribution in [3.63, 3.8) is 0 Å². The molecule has 2 nitrogen and oxygen atoms in total. The van der Waals surface area contributed by atoms with Crippen LogP contribution in [-0.4, -0.2) is 9.67 Å². The van der Waals surface area contributed by atoms with E-state index in [-0.39, 0.29) is 11.5 Å². The van der Waals surface area contributed by atoms with Crippen LogP contribution in [0.5, 0.6) is 0 Å². The highest BCUT2D eigenvalue weighted by molar-refractivity contribution is 5.33. The van der Waals surface area contributed by atoms with E-state index in [1.165, 1.54) is 5.69 Å². The van der Waals surface area contributed by atoms with Crippen LogP contribution in [0.1, 0.15) is 43.3 Å². The number of rotatable bonds is 1. The maximum absolute atomic E-state index is 10.1. The Bertz CT molecular complexity index is 448. The monoisotopic (exact) mass is 217 g/mol. The van der Waals surface area contributed by atoms with E-state index in [1.54, 1.807) is 0 Å². The molecule has 2 rings (SSSR count). The van der Waals surface area contributed by atoms with Gasteiger partial charge in [-0.3, -0.25) is 0 Å². The first kappa shape index (κ1) is 11.3. The highest BCUT2D eigenvalue weighted by atomic mass is 16.3. The molecule has 0 bridgehead atoms. The summed E-state index contributed by atoms with van der Waals surface area (Å²) in [6.45, 7) is 7.04. The smallest absolute Gasteiger partial charge is 0.0834 e. The first-order valence-electron chi connectivity index (χ1n) is 5.75. The molecule has 1 aromatic rings. The predicted octanol–water partition coefficient (Wildman–Crippen LogP) is 2.44. The van der Waals surface area contributed by atoms with Crippen molar-refractivity contribution in [3.8, 4) is 12.3 Å². The summed E-state index contributed by atoms with van der Waals surface area (Å²) in [6, 6.07) is 2.08.